The van der Waals surface area contributed by atoms with Gasteiger partial charge in [-0.15, -0.1) is 0 Å². The third-order valence-electron chi connectivity index (χ3n) is 21.8. The van der Waals surface area contributed by atoms with Gasteiger partial charge in [-0.1, -0.05) is 170 Å². The summed E-state index contributed by atoms with van der Waals surface area (Å²) in [7, 11) is 0. The summed E-state index contributed by atoms with van der Waals surface area (Å²) in [5.74, 6) is 2.54. The maximum Gasteiger partial charge on any atom is 0.220 e. The maximum atomic E-state index is 5.52. The van der Waals surface area contributed by atoms with E-state index in [2.05, 4.69) is 379 Å². The second-order valence-electron chi connectivity index (χ2n) is 27.3. The number of para-hydroxylation sites is 12. The smallest absolute Gasteiger partial charge is 0.220 e. The Hall–Kier alpha value is -14.4. The molecule has 0 radical (unpaired) electrons. The lowest BCUT2D eigenvalue weighted by atomic mass is 10.0. The number of fused-ring (bicyclic) bond motifs is 25. The zero-order valence-corrected chi connectivity index (χ0v) is 55.6. The molecule has 0 saturated carbocycles. The standard InChI is InChI=1S/C91H55N13/c1-3-24-58(25-4-1)95-72-37-13-7-31-65(72)85-68-34-10-16-40-75(68)98(87(85)95)63-46-48-71-82(54-63)104-81-49-45-57(52-83(81)99(89(104)94-71)59-26-5-2-6-27-59)56-23-21-28-60(51-56)96-73-38-14-8-32-66(73)86-67-33-9-15-39-74(67)97(88(86)96)61-29-22-30-62(53-61)100-80-50-47-64(55-84(80)103-77-42-18-12-36-70(77)93-91(100)103)101-78-43-19-20-44-79(78)102-76-41-17-11-35-69(76)92-90(101)102/h1-55H. The zero-order valence-electron chi connectivity index (χ0n) is 55.6. The van der Waals surface area contributed by atoms with Crippen LogP contribution in [-0.4, -0.2) is 60.1 Å². The highest BCUT2D eigenvalue weighted by Gasteiger charge is 2.28. The molecule has 10 heterocycles. The lowest BCUT2D eigenvalue weighted by molar-refractivity contribution is 1.05. The van der Waals surface area contributed by atoms with Crippen LogP contribution in [-0.2, 0) is 0 Å². The summed E-state index contributed by atoms with van der Waals surface area (Å²) in [6.45, 7) is 0. The summed E-state index contributed by atoms with van der Waals surface area (Å²) < 4.78 is 23.7. The van der Waals surface area contributed by atoms with Crippen LogP contribution < -0.4 is 0 Å². The van der Waals surface area contributed by atoms with Crippen molar-refractivity contribution in [3.8, 4) is 50.9 Å². The van der Waals surface area contributed by atoms with E-state index in [1.165, 1.54) is 37.8 Å². The van der Waals surface area contributed by atoms with Crippen LogP contribution in [0, 0.1) is 0 Å². The molecule has 13 nitrogen and oxygen atoms in total. The molecule has 0 spiro atoms. The van der Waals surface area contributed by atoms with Gasteiger partial charge in [0.1, 0.15) is 11.3 Å². The van der Waals surface area contributed by atoms with Crippen LogP contribution in [0.4, 0.5) is 0 Å². The highest BCUT2D eigenvalue weighted by molar-refractivity contribution is 6.24. The lowest BCUT2D eigenvalue weighted by Gasteiger charge is -2.15. The largest absolute Gasteiger partial charge is 0.295 e. The fraction of sp³-hybridized carbons (Fsp3) is 0. The van der Waals surface area contributed by atoms with Crippen molar-refractivity contribution in [1.82, 2.24) is 60.1 Å². The lowest BCUT2D eigenvalue weighted by Crippen LogP contribution is -2.03. The molecule has 0 amide bonds. The Balaban J connectivity index is 0.677. The molecule has 24 rings (SSSR count). The van der Waals surface area contributed by atoms with E-state index in [9.17, 15) is 0 Å². The molecule has 0 N–H and O–H groups in total. The van der Waals surface area contributed by atoms with E-state index in [1.54, 1.807) is 0 Å². The quantitative estimate of drug-likeness (QED) is 0.152. The van der Waals surface area contributed by atoms with Gasteiger partial charge in [0.2, 0.25) is 17.3 Å². The third-order valence-corrected chi connectivity index (χ3v) is 21.8. The topological polar surface area (TPSA) is 86.4 Å². The molecule has 104 heavy (non-hydrogen) atoms. The van der Waals surface area contributed by atoms with Crippen LogP contribution in [0.1, 0.15) is 0 Å². The Morgan fingerprint density at radius 2 is 0.510 bits per heavy atom. The fourth-order valence-electron chi connectivity index (χ4n) is 17.6. The molecule has 0 bridgehead atoms. The van der Waals surface area contributed by atoms with Crippen LogP contribution in [0.15, 0.2) is 334 Å². The molecule has 0 atom stereocenters. The Morgan fingerprint density at radius 3 is 1.08 bits per heavy atom. The van der Waals surface area contributed by atoms with E-state index in [-0.39, 0.29) is 0 Å². The summed E-state index contributed by atoms with van der Waals surface area (Å²) in [6, 6.07) is 121. The number of nitrogens with zero attached hydrogens (tertiary/aromatic N) is 13. The van der Waals surface area contributed by atoms with E-state index < -0.39 is 0 Å². The number of benzene rings is 14. The normalized spacial score (nSPS) is 12.4. The molecule has 0 unspecified atom stereocenters. The molecule has 0 aliphatic carbocycles. The average Bonchev–Trinajstić information content (AvgIpc) is 1.66. The summed E-state index contributed by atoms with van der Waals surface area (Å²) in [6.07, 6.45) is 0. The molecule has 24 aromatic rings. The van der Waals surface area contributed by atoms with Gasteiger partial charge in [0.25, 0.3) is 0 Å². The Labute approximate surface area is 590 Å². The first-order valence-corrected chi connectivity index (χ1v) is 35.3. The Bertz CT molecular complexity index is 7800. The van der Waals surface area contributed by atoms with Gasteiger partial charge in [-0.05, 0) is 175 Å². The van der Waals surface area contributed by atoms with Gasteiger partial charge in [0, 0.05) is 60.8 Å². The van der Waals surface area contributed by atoms with Crippen molar-refractivity contribution in [2.45, 2.75) is 0 Å². The van der Waals surface area contributed by atoms with E-state index >= 15 is 0 Å². The monoisotopic (exact) mass is 1330 g/mol. The van der Waals surface area contributed by atoms with E-state index in [0.29, 0.717) is 0 Å². The summed E-state index contributed by atoms with van der Waals surface area (Å²) in [5, 5.41) is 7.22. The van der Waals surface area contributed by atoms with E-state index in [0.717, 1.165) is 162 Å². The van der Waals surface area contributed by atoms with Gasteiger partial charge < -0.3 is 0 Å². The first-order valence-electron chi connectivity index (χ1n) is 35.3. The zero-order chi connectivity index (χ0) is 67.6. The number of rotatable bonds is 8. The highest BCUT2D eigenvalue weighted by atomic mass is 15.2. The second-order valence-corrected chi connectivity index (χ2v) is 27.3. The minimum absolute atomic E-state index is 0.830. The molecule has 0 saturated heterocycles. The number of aromatic nitrogens is 13. The molecule has 13 heteroatoms. The Morgan fingerprint density at radius 1 is 0.173 bits per heavy atom. The SMILES string of the molecule is c1ccc(-n2c3ccccc3c3c4ccccc4n(-c4ccc5nc6n(-c7ccccc7)c7cc(-c8cccc(-n9c%10ccccc%10c%10c%11ccccc%11n(-c%11cccc(-n%12c%13ccc(-n%14c%15ccccc%15n%15c%16ccccc%16nc%14%15)cc%13n%13c%14ccccc%14nc%12%13)c%11)c%109)c8)ccc7n6c5c4)c32)cc1. The van der Waals surface area contributed by atoms with Gasteiger partial charge in [0.15, 0.2) is 0 Å². The predicted molar refractivity (Wildman–Crippen MR) is 423 cm³/mol. The van der Waals surface area contributed by atoms with Crippen molar-refractivity contribution in [2.24, 2.45) is 0 Å². The van der Waals surface area contributed by atoms with Crippen LogP contribution in [0.3, 0.4) is 0 Å². The average molecular weight is 1330 g/mol. The van der Waals surface area contributed by atoms with Gasteiger partial charge in [-0.2, -0.15) is 0 Å². The van der Waals surface area contributed by atoms with Crippen molar-refractivity contribution >= 4 is 149 Å². The number of hydrogen-bond donors (Lipinski definition) is 0. The molecule has 0 aliphatic heterocycles. The van der Waals surface area contributed by atoms with Crippen LogP contribution in [0.2, 0.25) is 0 Å². The minimum atomic E-state index is 0.830. The molecule has 0 aliphatic rings. The van der Waals surface area contributed by atoms with Gasteiger partial charge in [-0.25, -0.2) is 15.0 Å². The first kappa shape index (κ1) is 55.4. The van der Waals surface area contributed by atoms with Crippen molar-refractivity contribution in [1.29, 1.82) is 0 Å². The number of imidazole rings is 6. The third kappa shape index (κ3) is 7.41. The molecular weight excluding hydrogens is 1280 g/mol. The molecule has 484 valence electrons. The molecule has 10 aromatic heterocycles. The van der Waals surface area contributed by atoms with E-state index in [1.807, 2.05) is 0 Å². The predicted octanol–water partition coefficient (Wildman–Crippen LogP) is 21.7. The Kier molecular flexibility index (Phi) is 11.0. The van der Waals surface area contributed by atoms with Crippen molar-refractivity contribution < 1.29 is 0 Å². The van der Waals surface area contributed by atoms with Gasteiger partial charge in [0.05, 0.1) is 99.6 Å². The van der Waals surface area contributed by atoms with Crippen molar-refractivity contribution in [2.75, 3.05) is 0 Å². The second kappa shape index (κ2) is 20.6. The summed E-state index contributed by atoms with van der Waals surface area (Å²) in [4.78, 5) is 16.2. The van der Waals surface area contributed by atoms with Crippen molar-refractivity contribution in [3.05, 3.63) is 334 Å². The van der Waals surface area contributed by atoms with Crippen LogP contribution in [0.5, 0.6) is 0 Å². The maximum absolute atomic E-state index is 5.52. The van der Waals surface area contributed by atoms with Crippen LogP contribution >= 0.6 is 0 Å². The first-order chi connectivity index (χ1) is 51.6. The number of hydrogen-bond acceptors (Lipinski definition) is 3. The highest BCUT2D eigenvalue weighted by Crippen LogP contribution is 2.45. The fourth-order valence-corrected chi connectivity index (χ4v) is 17.6. The van der Waals surface area contributed by atoms with Crippen LogP contribution in [0.25, 0.3) is 200 Å². The summed E-state index contributed by atoms with van der Waals surface area (Å²) in [5.41, 5.74) is 28.5. The molecule has 14 aromatic carbocycles. The van der Waals surface area contributed by atoms with Gasteiger partial charge >= 0.3 is 0 Å². The molecule has 0 fully saturated rings. The van der Waals surface area contributed by atoms with Gasteiger partial charge in [-0.3, -0.25) is 45.2 Å². The van der Waals surface area contributed by atoms with E-state index in [4.69, 9.17) is 15.0 Å². The molecular formula is C91H55N13. The minimum Gasteiger partial charge on any atom is -0.295 e. The summed E-state index contributed by atoms with van der Waals surface area (Å²) >= 11 is 0. The van der Waals surface area contributed by atoms with Crippen molar-refractivity contribution in [3.63, 3.8) is 0 Å².